The number of carbonyl (C=O) groups excluding carboxylic acids is 1. The Bertz CT molecular complexity index is 379. The van der Waals surface area contributed by atoms with Gasteiger partial charge in [0.15, 0.2) is 0 Å². The molecule has 0 radical (unpaired) electrons. The van der Waals surface area contributed by atoms with Gasteiger partial charge in [-0.05, 0) is 42.0 Å². The molecule has 1 rings (SSSR count). The predicted molar refractivity (Wildman–Crippen MR) is 69.8 cm³/mol. The highest BCUT2D eigenvalue weighted by Crippen LogP contribution is 2.19. The van der Waals surface area contributed by atoms with E-state index in [0.29, 0.717) is 6.54 Å². The van der Waals surface area contributed by atoms with Crippen LogP contribution in [0.1, 0.15) is 15.9 Å². The van der Waals surface area contributed by atoms with Gasteiger partial charge in [0.2, 0.25) is 0 Å². The van der Waals surface area contributed by atoms with E-state index in [0.717, 1.165) is 22.1 Å². The Kier molecular flexibility index (Phi) is 4.96. The summed E-state index contributed by atoms with van der Waals surface area (Å²) in [7, 11) is 3.69. The van der Waals surface area contributed by atoms with Crippen LogP contribution >= 0.6 is 15.9 Å². The first kappa shape index (κ1) is 13.2. The van der Waals surface area contributed by atoms with Crippen molar-refractivity contribution >= 4 is 21.8 Å². The number of carbonyl (C=O) groups is 1. The van der Waals surface area contributed by atoms with Crippen LogP contribution in [0.15, 0.2) is 22.7 Å². The maximum absolute atomic E-state index is 12.1. The van der Waals surface area contributed by atoms with Gasteiger partial charge in [-0.3, -0.25) is 4.79 Å². The van der Waals surface area contributed by atoms with Crippen LogP contribution in [0, 0.1) is 6.92 Å². The first-order chi connectivity index (χ1) is 7.56. The molecule has 3 nitrogen and oxygen atoms in total. The molecule has 0 unspecified atom stereocenters. The molecule has 0 saturated carbocycles. The second kappa shape index (κ2) is 6.01. The molecular weight excluding hydrogens is 268 g/mol. The van der Waals surface area contributed by atoms with E-state index in [2.05, 4.69) is 21.2 Å². The van der Waals surface area contributed by atoms with Crippen LogP contribution < -0.4 is 5.32 Å². The van der Waals surface area contributed by atoms with Gasteiger partial charge in [0.1, 0.15) is 0 Å². The molecule has 16 heavy (non-hydrogen) atoms. The van der Waals surface area contributed by atoms with E-state index in [1.54, 1.807) is 4.90 Å². The lowest BCUT2D eigenvalue weighted by Crippen LogP contribution is -2.33. The minimum absolute atomic E-state index is 0.0471. The number of nitrogens with zero attached hydrogens (tertiary/aromatic N) is 1. The van der Waals surface area contributed by atoms with Gasteiger partial charge in [0.05, 0.1) is 5.56 Å². The van der Waals surface area contributed by atoms with Gasteiger partial charge in [-0.1, -0.05) is 11.6 Å². The van der Waals surface area contributed by atoms with Crippen molar-refractivity contribution in [1.82, 2.24) is 10.2 Å². The second-order valence-corrected chi connectivity index (χ2v) is 4.67. The molecule has 1 aromatic rings. The summed E-state index contributed by atoms with van der Waals surface area (Å²) in [5, 5.41) is 3.03. The van der Waals surface area contributed by atoms with E-state index in [1.807, 2.05) is 39.2 Å². The van der Waals surface area contributed by atoms with Crippen molar-refractivity contribution in [2.45, 2.75) is 6.92 Å². The fourth-order valence-electron chi connectivity index (χ4n) is 1.39. The smallest absolute Gasteiger partial charge is 0.254 e. The Hall–Kier alpha value is -0.870. The highest BCUT2D eigenvalue weighted by atomic mass is 79.9. The Balaban J connectivity index is 2.83. The molecule has 0 bridgehead atoms. The highest BCUT2D eigenvalue weighted by molar-refractivity contribution is 9.10. The third-order valence-electron chi connectivity index (χ3n) is 2.40. The lowest BCUT2D eigenvalue weighted by atomic mass is 10.1. The Morgan fingerprint density at radius 2 is 2.19 bits per heavy atom. The van der Waals surface area contributed by atoms with Crippen molar-refractivity contribution in [3.63, 3.8) is 0 Å². The third-order valence-corrected chi connectivity index (χ3v) is 3.09. The zero-order chi connectivity index (χ0) is 12.1. The molecule has 0 spiro atoms. The molecule has 0 aliphatic heterocycles. The summed E-state index contributed by atoms with van der Waals surface area (Å²) in [6.07, 6.45) is 0. The van der Waals surface area contributed by atoms with Crippen LogP contribution in [-0.4, -0.2) is 38.0 Å². The van der Waals surface area contributed by atoms with Gasteiger partial charge in [0.25, 0.3) is 5.91 Å². The maximum atomic E-state index is 12.1. The summed E-state index contributed by atoms with van der Waals surface area (Å²) in [6.45, 7) is 3.48. The zero-order valence-corrected chi connectivity index (χ0v) is 11.5. The molecule has 0 aliphatic carbocycles. The molecule has 1 amide bonds. The average molecular weight is 285 g/mol. The summed E-state index contributed by atoms with van der Waals surface area (Å²) in [4.78, 5) is 13.8. The summed E-state index contributed by atoms with van der Waals surface area (Å²) < 4.78 is 0.847. The molecule has 0 heterocycles. The molecule has 0 aromatic heterocycles. The number of aryl methyl sites for hydroxylation is 1. The van der Waals surface area contributed by atoms with E-state index in [4.69, 9.17) is 0 Å². The van der Waals surface area contributed by atoms with Crippen molar-refractivity contribution in [1.29, 1.82) is 0 Å². The number of halogens is 1. The summed E-state index contributed by atoms with van der Waals surface area (Å²) >= 11 is 3.40. The van der Waals surface area contributed by atoms with Crippen LogP contribution in [0.4, 0.5) is 0 Å². The topological polar surface area (TPSA) is 32.3 Å². The predicted octanol–water partition coefficient (Wildman–Crippen LogP) is 2.05. The fraction of sp³-hybridized carbons (Fsp3) is 0.417. The number of benzene rings is 1. The molecule has 0 aliphatic rings. The number of likely N-dealkylation sites (N-methyl/N-ethyl adjacent to an activating group) is 2. The minimum Gasteiger partial charge on any atom is -0.340 e. The second-order valence-electron chi connectivity index (χ2n) is 3.81. The molecule has 88 valence electrons. The molecule has 1 N–H and O–H groups in total. The Morgan fingerprint density at radius 1 is 1.50 bits per heavy atom. The number of hydrogen-bond donors (Lipinski definition) is 1. The van der Waals surface area contributed by atoms with E-state index in [-0.39, 0.29) is 5.91 Å². The van der Waals surface area contributed by atoms with Crippen molar-refractivity contribution in [2.75, 3.05) is 27.2 Å². The van der Waals surface area contributed by atoms with Crippen LogP contribution in [0.25, 0.3) is 0 Å². The summed E-state index contributed by atoms with van der Waals surface area (Å²) in [5.41, 5.74) is 1.81. The first-order valence-electron chi connectivity index (χ1n) is 5.22. The summed E-state index contributed by atoms with van der Waals surface area (Å²) in [5.74, 6) is 0.0471. The van der Waals surface area contributed by atoms with Gasteiger partial charge < -0.3 is 10.2 Å². The number of hydrogen-bond acceptors (Lipinski definition) is 2. The number of nitrogens with one attached hydrogen (secondary N) is 1. The average Bonchev–Trinajstić information content (AvgIpc) is 2.28. The molecule has 0 atom stereocenters. The maximum Gasteiger partial charge on any atom is 0.254 e. The molecule has 0 saturated heterocycles. The van der Waals surface area contributed by atoms with Gasteiger partial charge in [0, 0.05) is 24.6 Å². The Labute approximate surface area is 105 Å². The van der Waals surface area contributed by atoms with Crippen molar-refractivity contribution in [2.24, 2.45) is 0 Å². The first-order valence-corrected chi connectivity index (χ1v) is 6.01. The van der Waals surface area contributed by atoms with Gasteiger partial charge in [-0.15, -0.1) is 0 Å². The van der Waals surface area contributed by atoms with Crippen molar-refractivity contribution in [3.8, 4) is 0 Å². The fourth-order valence-corrected chi connectivity index (χ4v) is 1.81. The lowest BCUT2D eigenvalue weighted by Gasteiger charge is -2.18. The minimum atomic E-state index is 0.0471. The number of rotatable bonds is 4. The van der Waals surface area contributed by atoms with Gasteiger partial charge in [-0.2, -0.15) is 0 Å². The van der Waals surface area contributed by atoms with E-state index < -0.39 is 0 Å². The zero-order valence-electron chi connectivity index (χ0n) is 9.88. The van der Waals surface area contributed by atoms with Crippen LogP contribution in [0.5, 0.6) is 0 Å². The quantitative estimate of drug-likeness (QED) is 0.918. The Morgan fingerprint density at radius 3 is 2.81 bits per heavy atom. The van der Waals surface area contributed by atoms with Gasteiger partial charge >= 0.3 is 0 Å². The third kappa shape index (κ3) is 3.32. The number of amides is 1. The van der Waals surface area contributed by atoms with Crippen LogP contribution in [0.3, 0.4) is 0 Å². The van der Waals surface area contributed by atoms with Crippen molar-refractivity contribution < 1.29 is 4.79 Å². The van der Waals surface area contributed by atoms with E-state index in [1.165, 1.54) is 0 Å². The van der Waals surface area contributed by atoms with Gasteiger partial charge in [-0.25, -0.2) is 0 Å². The highest BCUT2D eigenvalue weighted by Gasteiger charge is 2.14. The molecular formula is C12H17BrN2O. The SMILES string of the molecule is CNCCN(C)C(=O)c1cc(C)ccc1Br. The molecule has 4 heteroatoms. The molecule has 0 fully saturated rings. The van der Waals surface area contributed by atoms with Crippen molar-refractivity contribution in [3.05, 3.63) is 33.8 Å². The molecule has 1 aromatic carbocycles. The van der Waals surface area contributed by atoms with Crippen LogP contribution in [-0.2, 0) is 0 Å². The monoisotopic (exact) mass is 284 g/mol. The van der Waals surface area contributed by atoms with E-state index in [9.17, 15) is 4.79 Å². The summed E-state index contributed by atoms with van der Waals surface area (Å²) in [6, 6.07) is 5.80. The van der Waals surface area contributed by atoms with Crippen LogP contribution in [0.2, 0.25) is 0 Å². The lowest BCUT2D eigenvalue weighted by molar-refractivity contribution is 0.0796. The normalized spacial score (nSPS) is 10.2. The largest absolute Gasteiger partial charge is 0.340 e. The van der Waals surface area contributed by atoms with E-state index >= 15 is 0 Å². The standard InChI is InChI=1S/C12H17BrN2O/c1-9-4-5-11(13)10(8-9)12(16)15(3)7-6-14-2/h4-5,8,14H,6-7H2,1-3H3.